The second-order valence-corrected chi connectivity index (χ2v) is 13.6. The quantitative estimate of drug-likeness (QED) is 0.201. The second kappa shape index (κ2) is 13.5. The fourth-order valence-corrected chi connectivity index (χ4v) is 7.56. The molecule has 1 aromatic heterocycles. The Bertz CT molecular complexity index is 1970. The van der Waals surface area contributed by atoms with Crippen molar-refractivity contribution in [1.82, 2.24) is 15.2 Å². The van der Waals surface area contributed by atoms with Gasteiger partial charge >= 0.3 is 0 Å². The first-order valence-electron chi connectivity index (χ1n) is 16.2. The Morgan fingerprint density at radius 2 is 1.79 bits per heavy atom. The molecule has 1 aliphatic carbocycles. The van der Waals surface area contributed by atoms with Crippen molar-refractivity contribution >= 4 is 44.3 Å². The molecule has 4 aromatic rings. The third-order valence-corrected chi connectivity index (χ3v) is 10.1. The predicted octanol–water partition coefficient (Wildman–Crippen LogP) is 6.13. The van der Waals surface area contributed by atoms with E-state index >= 15 is 0 Å². The van der Waals surface area contributed by atoms with E-state index in [0.717, 1.165) is 43.3 Å². The van der Waals surface area contributed by atoms with Gasteiger partial charge in [-0.2, -0.15) is 0 Å². The van der Waals surface area contributed by atoms with Crippen LogP contribution in [0.25, 0.3) is 22.0 Å². The van der Waals surface area contributed by atoms with E-state index in [0.29, 0.717) is 60.9 Å². The highest BCUT2D eigenvalue weighted by Crippen LogP contribution is 2.50. The number of hydrogen-bond donors (Lipinski definition) is 3. The van der Waals surface area contributed by atoms with Gasteiger partial charge in [-0.3, -0.25) is 14.4 Å². The average Bonchev–Trinajstić information content (AvgIpc) is 3.29. The average molecular weight is 718 g/mol. The largest absolute Gasteiger partial charge is 0.493 e. The van der Waals surface area contributed by atoms with Crippen LogP contribution in [0, 0.1) is 5.92 Å². The van der Waals surface area contributed by atoms with Crippen molar-refractivity contribution in [2.75, 3.05) is 33.2 Å². The van der Waals surface area contributed by atoms with Gasteiger partial charge in [0.25, 0.3) is 0 Å². The number of carbonyl (C=O) groups excluding carboxylic acids is 2. The first-order valence-corrected chi connectivity index (χ1v) is 17.0. The summed E-state index contributed by atoms with van der Waals surface area (Å²) >= 11 is 3.64. The highest BCUT2D eigenvalue weighted by atomic mass is 79.9. The number of para-hydroxylation sites is 1. The number of aryl methyl sites for hydroxylation is 1. The highest BCUT2D eigenvalue weighted by Gasteiger charge is 2.33. The Hall–Kier alpha value is -4.51. The SMILES string of the molecule is COc1cc2c(c(OC)c1OC)-c1ccc(N[C@H](C(=O)N3CCc4[nH]c5c(Br)cccc5c4C3)C(C)C)c(=O)cc1[C@@H](NC(C)=O)CC2. The first kappa shape index (κ1) is 33.4. The number of carbonyl (C=O) groups is 2. The number of rotatable bonds is 8. The molecule has 3 aromatic carbocycles. The Labute approximate surface area is 288 Å². The normalized spacial score (nSPS) is 15.9. The second-order valence-electron chi connectivity index (χ2n) is 12.7. The lowest BCUT2D eigenvalue weighted by Gasteiger charge is -2.32. The maximum Gasteiger partial charge on any atom is 0.245 e. The highest BCUT2D eigenvalue weighted by molar-refractivity contribution is 9.10. The van der Waals surface area contributed by atoms with Crippen LogP contribution >= 0.6 is 15.9 Å². The summed E-state index contributed by atoms with van der Waals surface area (Å²) < 4.78 is 18.2. The number of ether oxygens (including phenoxy) is 3. The predicted molar refractivity (Wildman–Crippen MR) is 190 cm³/mol. The molecule has 2 aliphatic rings. The molecular formula is C37H41BrN4O6. The summed E-state index contributed by atoms with van der Waals surface area (Å²) in [4.78, 5) is 45.9. The van der Waals surface area contributed by atoms with Gasteiger partial charge in [0.05, 0.1) is 38.6 Å². The third kappa shape index (κ3) is 6.00. The number of hydrogen-bond acceptors (Lipinski definition) is 7. The zero-order valence-corrected chi connectivity index (χ0v) is 29.7. The smallest absolute Gasteiger partial charge is 0.245 e. The molecule has 2 atom stereocenters. The summed E-state index contributed by atoms with van der Waals surface area (Å²) in [5.41, 5.74) is 6.42. The van der Waals surface area contributed by atoms with E-state index in [4.69, 9.17) is 14.2 Å². The van der Waals surface area contributed by atoms with Crippen LogP contribution in [-0.4, -0.2) is 55.6 Å². The Balaban J connectivity index is 1.40. The van der Waals surface area contributed by atoms with Gasteiger partial charge in [-0.05, 0) is 75.6 Å². The molecule has 2 heterocycles. The number of aromatic nitrogens is 1. The van der Waals surface area contributed by atoms with Gasteiger partial charge in [-0.25, -0.2) is 0 Å². The Kier molecular flexibility index (Phi) is 9.42. The van der Waals surface area contributed by atoms with E-state index in [1.165, 1.54) is 6.92 Å². The van der Waals surface area contributed by atoms with Gasteiger partial charge in [0.1, 0.15) is 6.04 Å². The van der Waals surface area contributed by atoms with Gasteiger partial charge in [0.2, 0.25) is 23.0 Å². The summed E-state index contributed by atoms with van der Waals surface area (Å²) in [6.45, 7) is 6.48. The molecule has 48 heavy (non-hydrogen) atoms. The van der Waals surface area contributed by atoms with Crippen LogP contribution in [0.4, 0.5) is 5.69 Å². The number of anilines is 1. The van der Waals surface area contributed by atoms with Gasteiger partial charge in [0, 0.05) is 53.1 Å². The van der Waals surface area contributed by atoms with Crippen molar-refractivity contribution in [3.05, 3.63) is 79.5 Å². The standard InChI is InChI=1S/C37H41BrN4O6/c1-19(2)33(37(45)42-15-14-28-25(18-42)23-8-7-9-26(38)34(23)40-28)41-29-13-11-22-24(17-30(29)44)27(39-20(3)43)12-10-21-16-31(46-4)35(47-5)36(48-6)32(21)22/h7-9,11,13,16-17,19,27,33,40H,10,12,14-15,18H2,1-6H3,(H,39,43)(H,41,44)/t27-,33-/m0/s1. The molecule has 0 radical (unpaired) electrons. The van der Waals surface area contributed by atoms with E-state index in [-0.39, 0.29) is 23.2 Å². The third-order valence-electron chi connectivity index (χ3n) is 9.43. The van der Waals surface area contributed by atoms with E-state index in [9.17, 15) is 14.4 Å². The van der Waals surface area contributed by atoms with E-state index in [1.807, 2.05) is 43.0 Å². The number of methoxy groups -OCH3 is 3. The van der Waals surface area contributed by atoms with Crippen LogP contribution in [-0.2, 0) is 29.0 Å². The van der Waals surface area contributed by atoms with Gasteiger partial charge < -0.3 is 34.7 Å². The molecule has 0 bridgehead atoms. The number of halogens is 1. The molecule has 0 saturated heterocycles. The Morgan fingerprint density at radius 1 is 1.02 bits per heavy atom. The number of fused-ring (bicyclic) bond motifs is 6. The van der Waals surface area contributed by atoms with Crippen LogP contribution in [0.5, 0.6) is 17.2 Å². The minimum atomic E-state index is -0.643. The van der Waals surface area contributed by atoms with Gasteiger partial charge in [0.15, 0.2) is 11.5 Å². The lowest BCUT2D eigenvalue weighted by Crippen LogP contribution is -2.47. The van der Waals surface area contributed by atoms with Crippen LogP contribution in [0.2, 0.25) is 0 Å². The number of nitrogens with one attached hydrogen (secondary N) is 3. The maximum atomic E-state index is 14.2. The Morgan fingerprint density at radius 3 is 2.48 bits per heavy atom. The molecule has 0 saturated carbocycles. The molecule has 0 unspecified atom stereocenters. The van der Waals surface area contributed by atoms with Gasteiger partial charge in [-0.1, -0.05) is 32.0 Å². The molecule has 11 heteroatoms. The fraction of sp³-hybridized carbons (Fsp3) is 0.378. The van der Waals surface area contributed by atoms with Crippen LogP contribution in [0.1, 0.15) is 55.6 Å². The maximum absolute atomic E-state index is 14.2. The minimum Gasteiger partial charge on any atom is -0.493 e. The topological polar surface area (TPSA) is 122 Å². The molecule has 10 nitrogen and oxygen atoms in total. The number of H-pyrrole nitrogens is 1. The number of nitrogens with zero attached hydrogens (tertiary/aromatic N) is 1. The van der Waals surface area contributed by atoms with Crippen molar-refractivity contribution in [2.24, 2.45) is 5.92 Å². The zero-order valence-electron chi connectivity index (χ0n) is 28.1. The number of benzene rings is 2. The molecule has 2 amide bonds. The summed E-state index contributed by atoms with van der Waals surface area (Å²) in [7, 11) is 4.70. The zero-order chi connectivity index (χ0) is 34.3. The number of aromatic amines is 1. The van der Waals surface area contributed by atoms with Crippen molar-refractivity contribution in [1.29, 1.82) is 0 Å². The molecule has 1 aliphatic heterocycles. The van der Waals surface area contributed by atoms with E-state index in [1.54, 1.807) is 33.5 Å². The first-order chi connectivity index (χ1) is 23.1. The molecule has 252 valence electrons. The van der Waals surface area contributed by atoms with Crippen molar-refractivity contribution in [2.45, 2.75) is 58.7 Å². The van der Waals surface area contributed by atoms with Crippen molar-refractivity contribution < 1.29 is 23.8 Å². The van der Waals surface area contributed by atoms with E-state index in [2.05, 4.69) is 37.6 Å². The molecule has 0 spiro atoms. The molecule has 6 rings (SSSR count). The summed E-state index contributed by atoms with van der Waals surface area (Å²) in [6.07, 6.45) is 1.87. The van der Waals surface area contributed by atoms with Crippen LogP contribution in [0.15, 0.2) is 51.7 Å². The monoisotopic (exact) mass is 716 g/mol. The van der Waals surface area contributed by atoms with Crippen LogP contribution < -0.4 is 30.3 Å². The summed E-state index contributed by atoms with van der Waals surface area (Å²) in [5.74, 6) is 1.08. The molecule has 3 N–H and O–H groups in total. The fourth-order valence-electron chi connectivity index (χ4n) is 7.10. The molecular weight excluding hydrogens is 676 g/mol. The molecule has 0 fully saturated rings. The van der Waals surface area contributed by atoms with Crippen molar-refractivity contribution in [3.8, 4) is 28.4 Å². The van der Waals surface area contributed by atoms with Gasteiger partial charge in [-0.15, -0.1) is 0 Å². The minimum absolute atomic E-state index is 0.0626. The van der Waals surface area contributed by atoms with E-state index < -0.39 is 12.1 Å². The summed E-state index contributed by atoms with van der Waals surface area (Å²) in [6, 6.07) is 12.1. The van der Waals surface area contributed by atoms with Crippen molar-refractivity contribution in [3.63, 3.8) is 0 Å². The van der Waals surface area contributed by atoms with Crippen LogP contribution in [0.3, 0.4) is 0 Å². The lowest BCUT2D eigenvalue weighted by molar-refractivity contribution is -0.133. The summed E-state index contributed by atoms with van der Waals surface area (Å²) in [5, 5.41) is 7.48. The number of amides is 2. The lowest BCUT2D eigenvalue weighted by atomic mass is 9.95.